The number of ether oxygens (including phenoxy) is 2. The van der Waals surface area contributed by atoms with Crippen LogP contribution in [0.5, 0.6) is 5.75 Å². The third-order valence-electron chi connectivity index (χ3n) is 3.27. The van der Waals surface area contributed by atoms with Crippen LogP contribution < -0.4 is 4.74 Å². The quantitative estimate of drug-likeness (QED) is 0.456. The highest BCUT2D eigenvalue weighted by Gasteiger charge is 2.16. The number of aromatic nitrogens is 1. The van der Waals surface area contributed by atoms with Crippen molar-refractivity contribution in [2.45, 2.75) is 6.92 Å². The molecule has 5 nitrogen and oxygen atoms in total. The second kappa shape index (κ2) is 8.04. The van der Waals surface area contributed by atoms with Gasteiger partial charge in [0.15, 0.2) is 18.1 Å². The Morgan fingerprint density at radius 1 is 1.12 bits per heavy atom. The van der Waals surface area contributed by atoms with Crippen molar-refractivity contribution in [3.63, 3.8) is 0 Å². The van der Waals surface area contributed by atoms with Crippen molar-refractivity contribution in [1.82, 2.24) is 4.98 Å². The van der Waals surface area contributed by atoms with Crippen LogP contribution in [0.15, 0.2) is 47.2 Å². The lowest BCUT2D eigenvalue weighted by Gasteiger charge is -2.05. The fourth-order valence-corrected chi connectivity index (χ4v) is 3.68. The van der Waals surface area contributed by atoms with Gasteiger partial charge in [0.05, 0.1) is 11.5 Å². The first-order valence-electron chi connectivity index (χ1n) is 7.60. The van der Waals surface area contributed by atoms with Gasteiger partial charge in [0.25, 0.3) is 0 Å². The van der Waals surface area contributed by atoms with Gasteiger partial charge in [0.2, 0.25) is 0 Å². The van der Waals surface area contributed by atoms with Crippen LogP contribution in [0, 0.1) is 0 Å². The molecule has 0 fully saturated rings. The number of carbonyl (C=O) groups is 2. The van der Waals surface area contributed by atoms with Crippen molar-refractivity contribution in [2.75, 3.05) is 13.2 Å². The number of benzene rings is 1. The van der Waals surface area contributed by atoms with Gasteiger partial charge in [-0.15, -0.1) is 22.7 Å². The molecule has 0 bridgehead atoms. The van der Waals surface area contributed by atoms with Crippen molar-refractivity contribution in [3.05, 3.63) is 58.4 Å². The second-order valence-corrected chi connectivity index (χ2v) is 6.78. The molecule has 128 valence electrons. The van der Waals surface area contributed by atoms with E-state index in [1.54, 1.807) is 41.0 Å². The molecule has 1 aromatic carbocycles. The lowest BCUT2D eigenvalue weighted by molar-refractivity contribution is 0.0470. The van der Waals surface area contributed by atoms with Gasteiger partial charge in [-0.25, -0.2) is 9.78 Å². The summed E-state index contributed by atoms with van der Waals surface area (Å²) >= 11 is 2.92. The molecule has 0 atom stereocenters. The van der Waals surface area contributed by atoms with Crippen LogP contribution in [0.1, 0.15) is 27.8 Å². The Labute approximate surface area is 152 Å². The standard InChI is InChI=1S/C18H15NO4S2/c1-2-22-13-7-5-12(6-8-13)15(20)10-23-18(21)14-11-25-17(19-14)16-4-3-9-24-16/h3-9,11H,2,10H2,1H3. The molecule has 0 unspecified atom stereocenters. The number of nitrogens with zero attached hydrogens (tertiary/aromatic N) is 1. The highest BCUT2D eigenvalue weighted by atomic mass is 32.1. The van der Waals surface area contributed by atoms with Gasteiger partial charge in [-0.05, 0) is 42.6 Å². The molecule has 25 heavy (non-hydrogen) atoms. The zero-order chi connectivity index (χ0) is 17.6. The highest BCUT2D eigenvalue weighted by molar-refractivity contribution is 7.20. The van der Waals surface area contributed by atoms with Gasteiger partial charge in [-0.3, -0.25) is 4.79 Å². The molecule has 2 aromatic heterocycles. The minimum atomic E-state index is -0.599. The van der Waals surface area contributed by atoms with Crippen LogP contribution in [-0.2, 0) is 4.74 Å². The minimum absolute atomic E-state index is 0.216. The Hall–Kier alpha value is -2.51. The summed E-state index contributed by atoms with van der Waals surface area (Å²) in [5, 5.41) is 4.35. The highest BCUT2D eigenvalue weighted by Crippen LogP contribution is 2.27. The summed E-state index contributed by atoms with van der Waals surface area (Å²) < 4.78 is 10.4. The predicted molar refractivity (Wildman–Crippen MR) is 97.7 cm³/mol. The van der Waals surface area contributed by atoms with Gasteiger partial charge in [0.1, 0.15) is 10.8 Å². The number of Topliss-reactive ketones (excluding diaryl/α,β-unsaturated/α-hetero) is 1. The third kappa shape index (κ3) is 4.32. The number of thiophene rings is 1. The molecule has 0 radical (unpaired) electrons. The Bertz CT molecular complexity index is 854. The summed E-state index contributed by atoms with van der Waals surface area (Å²) in [6.07, 6.45) is 0. The second-order valence-electron chi connectivity index (χ2n) is 4.97. The van der Waals surface area contributed by atoms with Gasteiger partial charge >= 0.3 is 5.97 Å². The molecule has 0 aliphatic carbocycles. The SMILES string of the molecule is CCOc1ccc(C(=O)COC(=O)c2csc(-c3cccs3)n2)cc1. The summed E-state index contributed by atoms with van der Waals surface area (Å²) in [5.74, 6) is -0.178. The summed E-state index contributed by atoms with van der Waals surface area (Å²) in [7, 11) is 0. The van der Waals surface area contributed by atoms with Crippen molar-refractivity contribution in [3.8, 4) is 15.6 Å². The first-order valence-corrected chi connectivity index (χ1v) is 9.36. The number of esters is 1. The Balaban J connectivity index is 1.57. The molecule has 3 rings (SSSR count). The predicted octanol–water partition coefficient (Wildman–Crippen LogP) is 4.31. The van der Waals surface area contributed by atoms with E-state index in [4.69, 9.17) is 9.47 Å². The van der Waals surface area contributed by atoms with Crippen molar-refractivity contribution in [1.29, 1.82) is 0 Å². The fourth-order valence-electron chi connectivity index (χ4n) is 2.07. The van der Waals surface area contributed by atoms with E-state index in [0.717, 1.165) is 9.88 Å². The molecule has 2 heterocycles. The summed E-state index contributed by atoms with van der Waals surface area (Å²) in [6.45, 7) is 2.13. The molecule has 0 amide bonds. The molecule has 0 aliphatic heterocycles. The van der Waals surface area contributed by atoms with Gasteiger partial charge in [0, 0.05) is 10.9 Å². The van der Waals surface area contributed by atoms with E-state index in [9.17, 15) is 9.59 Å². The monoisotopic (exact) mass is 373 g/mol. The Morgan fingerprint density at radius 3 is 2.60 bits per heavy atom. The molecule has 0 saturated heterocycles. The van der Waals surface area contributed by atoms with Crippen LogP contribution >= 0.6 is 22.7 Å². The Kier molecular flexibility index (Phi) is 5.57. The lowest BCUT2D eigenvalue weighted by Crippen LogP contribution is -2.14. The van der Waals surface area contributed by atoms with E-state index in [0.29, 0.717) is 17.9 Å². The first kappa shape index (κ1) is 17.3. The molecular formula is C18H15NO4S2. The normalized spacial score (nSPS) is 10.4. The van der Waals surface area contributed by atoms with Crippen molar-refractivity contribution < 1.29 is 19.1 Å². The van der Waals surface area contributed by atoms with Crippen LogP contribution in [0.25, 0.3) is 9.88 Å². The maximum atomic E-state index is 12.1. The number of carbonyl (C=O) groups excluding carboxylic acids is 2. The average Bonchev–Trinajstić information content (AvgIpc) is 3.31. The van der Waals surface area contributed by atoms with Crippen molar-refractivity contribution >= 4 is 34.4 Å². The van der Waals surface area contributed by atoms with Crippen LogP contribution in [0.3, 0.4) is 0 Å². The number of hydrogen-bond acceptors (Lipinski definition) is 7. The number of rotatable bonds is 7. The summed E-state index contributed by atoms with van der Waals surface area (Å²) in [5.41, 5.74) is 0.682. The van der Waals surface area contributed by atoms with Gasteiger partial charge in [-0.1, -0.05) is 6.07 Å². The van der Waals surface area contributed by atoms with Crippen LogP contribution in [-0.4, -0.2) is 30.0 Å². The summed E-state index contributed by atoms with van der Waals surface area (Å²) in [4.78, 5) is 29.4. The van der Waals surface area contributed by atoms with E-state index in [2.05, 4.69) is 4.98 Å². The summed E-state index contributed by atoms with van der Waals surface area (Å²) in [6, 6.07) is 10.6. The van der Waals surface area contributed by atoms with E-state index in [1.807, 2.05) is 24.4 Å². The zero-order valence-corrected chi connectivity index (χ0v) is 15.1. The van der Waals surface area contributed by atoms with Crippen LogP contribution in [0.2, 0.25) is 0 Å². The van der Waals surface area contributed by atoms with Crippen LogP contribution in [0.4, 0.5) is 0 Å². The van der Waals surface area contributed by atoms with E-state index in [-0.39, 0.29) is 18.1 Å². The number of ketones is 1. The smallest absolute Gasteiger partial charge is 0.358 e. The average molecular weight is 373 g/mol. The van der Waals surface area contributed by atoms with E-state index >= 15 is 0 Å². The maximum Gasteiger partial charge on any atom is 0.358 e. The molecule has 0 aliphatic rings. The maximum absolute atomic E-state index is 12.1. The van der Waals surface area contributed by atoms with Crippen molar-refractivity contribution in [2.24, 2.45) is 0 Å². The number of thiazole rings is 1. The van der Waals surface area contributed by atoms with E-state index in [1.165, 1.54) is 11.3 Å². The minimum Gasteiger partial charge on any atom is -0.494 e. The zero-order valence-electron chi connectivity index (χ0n) is 13.4. The molecule has 0 spiro atoms. The Morgan fingerprint density at radius 2 is 1.92 bits per heavy atom. The molecular weight excluding hydrogens is 358 g/mol. The fraction of sp³-hybridized carbons (Fsp3) is 0.167. The van der Waals surface area contributed by atoms with Gasteiger partial charge in [-0.2, -0.15) is 0 Å². The lowest BCUT2D eigenvalue weighted by atomic mass is 10.1. The molecule has 3 aromatic rings. The largest absolute Gasteiger partial charge is 0.494 e. The first-order chi connectivity index (χ1) is 12.2. The molecule has 0 saturated carbocycles. The molecule has 0 N–H and O–H groups in total. The van der Waals surface area contributed by atoms with E-state index < -0.39 is 5.97 Å². The third-order valence-corrected chi connectivity index (χ3v) is 5.15. The topological polar surface area (TPSA) is 65.5 Å². The van der Waals surface area contributed by atoms with Gasteiger partial charge < -0.3 is 9.47 Å². The number of hydrogen-bond donors (Lipinski definition) is 0. The molecule has 7 heteroatoms.